The molecular formula is C15H15N3O2. The van der Waals surface area contributed by atoms with Gasteiger partial charge in [-0.25, -0.2) is 0 Å². The molecule has 20 heavy (non-hydrogen) atoms. The van der Waals surface area contributed by atoms with Gasteiger partial charge in [0.05, 0.1) is 16.3 Å². The SMILES string of the molecule is C/C(=N\Nc1ccccc1C)c1cccc([N+](=O)[O-])c1. The maximum absolute atomic E-state index is 10.7. The highest BCUT2D eigenvalue weighted by Gasteiger charge is 2.07. The molecule has 2 rings (SSSR count). The third kappa shape index (κ3) is 3.20. The lowest BCUT2D eigenvalue weighted by Gasteiger charge is -2.06. The highest BCUT2D eigenvalue weighted by molar-refractivity contribution is 5.99. The van der Waals surface area contributed by atoms with Crippen molar-refractivity contribution in [3.8, 4) is 0 Å². The lowest BCUT2D eigenvalue weighted by molar-refractivity contribution is -0.384. The fourth-order valence-electron chi connectivity index (χ4n) is 1.75. The molecule has 2 aromatic carbocycles. The summed E-state index contributed by atoms with van der Waals surface area (Å²) in [7, 11) is 0. The van der Waals surface area contributed by atoms with Gasteiger partial charge in [-0.05, 0) is 25.5 Å². The van der Waals surface area contributed by atoms with E-state index < -0.39 is 4.92 Å². The van der Waals surface area contributed by atoms with Crippen LogP contribution in [0.4, 0.5) is 11.4 Å². The number of hydrazone groups is 1. The molecule has 0 amide bonds. The summed E-state index contributed by atoms with van der Waals surface area (Å²) >= 11 is 0. The molecule has 5 heteroatoms. The maximum atomic E-state index is 10.7. The van der Waals surface area contributed by atoms with Crippen LogP contribution in [0.3, 0.4) is 0 Å². The molecule has 0 aliphatic carbocycles. The van der Waals surface area contributed by atoms with E-state index in [2.05, 4.69) is 10.5 Å². The summed E-state index contributed by atoms with van der Waals surface area (Å²) in [6, 6.07) is 14.2. The zero-order chi connectivity index (χ0) is 14.5. The van der Waals surface area contributed by atoms with Gasteiger partial charge in [-0.1, -0.05) is 30.3 Å². The van der Waals surface area contributed by atoms with Gasteiger partial charge in [0.1, 0.15) is 0 Å². The molecule has 0 unspecified atom stereocenters. The van der Waals surface area contributed by atoms with E-state index in [4.69, 9.17) is 0 Å². The first-order chi connectivity index (χ1) is 9.58. The Morgan fingerprint density at radius 1 is 1.20 bits per heavy atom. The molecule has 102 valence electrons. The third-order valence-corrected chi connectivity index (χ3v) is 2.96. The van der Waals surface area contributed by atoms with Gasteiger partial charge in [0, 0.05) is 17.7 Å². The fraction of sp³-hybridized carbons (Fsp3) is 0.133. The average Bonchev–Trinajstić information content (AvgIpc) is 2.46. The van der Waals surface area contributed by atoms with Crippen LogP contribution in [0.1, 0.15) is 18.1 Å². The number of non-ortho nitro benzene ring substituents is 1. The minimum Gasteiger partial charge on any atom is -0.278 e. The molecule has 0 saturated carbocycles. The number of nitro benzene ring substituents is 1. The Morgan fingerprint density at radius 2 is 1.95 bits per heavy atom. The largest absolute Gasteiger partial charge is 0.278 e. The number of anilines is 1. The predicted molar refractivity (Wildman–Crippen MR) is 80.1 cm³/mol. The molecule has 0 aromatic heterocycles. The van der Waals surface area contributed by atoms with E-state index in [1.165, 1.54) is 12.1 Å². The Balaban J connectivity index is 2.21. The standard InChI is InChI=1S/C15H15N3O2/c1-11-6-3-4-9-15(11)17-16-12(2)13-7-5-8-14(10-13)18(19)20/h3-10,17H,1-2H3/b16-12+. The summed E-state index contributed by atoms with van der Waals surface area (Å²) in [5, 5.41) is 15.0. The minimum atomic E-state index is -0.411. The van der Waals surface area contributed by atoms with Crippen LogP contribution in [0, 0.1) is 17.0 Å². The molecular weight excluding hydrogens is 254 g/mol. The maximum Gasteiger partial charge on any atom is 0.270 e. The van der Waals surface area contributed by atoms with Gasteiger partial charge in [0.15, 0.2) is 0 Å². The van der Waals surface area contributed by atoms with E-state index in [1.807, 2.05) is 38.1 Å². The Morgan fingerprint density at radius 3 is 2.65 bits per heavy atom. The highest BCUT2D eigenvalue weighted by Crippen LogP contribution is 2.16. The molecule has 0 spiro atoms. The zero-order valence-corrected chi connectivity index (χ0v) is 11.3. The predicted octanol–water partition coefficient (Wildman–Crippen LogP) is 3.74. The third-order valence-electron chi connectivity index (χ3n) is 2.96. The Kier molecular flexibility index (Phi) is 4.10. The van der Waals surface area contributed by atoms with Crippen molar-refractivity contribution in [3.05, 3.63) is 69.8 Å². The summed E-state index contributed by atoms with van der Waals surface area (Å²) in [5.74, 6) is 0. The van der Waals surface area contributed by atoms with E-state index in [9.17, 15) is 10.1 Å². The molecule has 0 fully saturated rings. The van der Waals surface area contributed by atoms with Crippen molar-refractivity contribution < 1.29 is 4.92 Å². The number of hydrogen-bond acceptors (Lipinski definition) is 4. The van der Waals surface area contributed by atoms with Crippen molar-refractivity contribution in [2.45, 2.75) is 13.8 Å². The molecule has 0 atom stereocenters. The summed E-state index contributed by atoms with van der Waals surface area (Å²) in [4.78, 5) is 10.3. The van der Waals surface area contributed by atoms with E-state index in [0.29, 0.717) is 5.71 Å². The summed E-state index contributed by atoms with van der Waals surface area (Å²) in [6.07, 6.45) is 0. The van der Waals surface area contributed by atoms with Crippen LogP contribution in [-0.2, 0) is 0 Å². The van der Waals surface area contributed by atoms with Crippen molar-refractivity contribution >= 4 is 17.1 Å². The van der Waals surface area contributed by atoms with Crippen LogP contribution in [0.5, 0.6) is 0 Å². The molecule has 0 radical (unpaired) electrons. The number of para-hydroxylation sites is 1. The van der Waals surface area contributed by atoms with Crippen LogP contribution in [0.15, 0.2) is 53.6 Å². The molecule has 0 aliphatic heterocycles. The van der Waals surface area contributed by atoms with E-state index in [0.717, 1.165) is 16.8 Å². The Labute approximate surface area is 117 Å². The summed E-state index contributed by atoms with van der Waals surface area (Å²) < 4.78 is 0. The molecule has 0 bridgehead atoms. The van der Waals surface area contributed by atoms with Gasteiger partial charge >= 0.3 is 0 Å². The molecule has 0 heterocycles. The van der Waals surface area contributed by atoms with Gasteiger partial charge in [0.25, 0.3) is 5.69 Å². The second kappa shape index (κ2) is 5.97. The summed E-state index contributed by atoms with van der Waals surface area (Å²) in [6.45, 7) is 3.80. The fourth-order valence-corrected chi connectivity index (χ4v) is 1.75. The van der Waals surface area contributed by atoms with Gasteiger partial charge in [0.2, 0.25) is 0 Å². The lowest BCUT2D eigenvalue weighted by Crippen LogP contribution is -2.01. The second-order valence-electron chi connectivity index (χ2n) is 4.43. The Bertz CT molecular complexity index is 666. The van der Waals surface area contributed by atoms with Crippen molar-refractivity contribution in [1.29, 1.82) is 0 Å². The zero-order valence-electron chi connectivity index (χ0n) is 11.3. The molecule has 0 saturated heterocycles. The van der Waals surface area contributed by atoms with Gasteiger partial charge in [-0.3, -0.25) is 15.5 Å². The molecule has 2 aromatic rings. The van der Waals surface area contributed by atoms with Crippen molar-refractivity contribution in [2.75, 3.05) is 5.43 Å². The number of hydrogen-bond donors (Lipinski definition) is 1. The van der Waals surface area contributed by atoms with Crippen LogP contribution in [0.2, 0.25) is 0 Å². The quantitative estimate of drug-likeness (QED) is 0.522. The number of nitrogens with zero attached hydrogens (tertiary/aromatic N) is 2. The first kappa shape index (κ1) is 13.7. The number of nitrogens with one attached hydrogen (secondary N) is 1. The Hall–Kier alpha value is -2.69. The first-order valence-electron chi connectivity index (χ1n) is 6.18. The smallest absolute Gasteiger partial charge is 0.270 e. The van der Waals surface area contributed by atoms with E-state index in [1.54, 1.807) is 12.1 Å². The van der Waals surface area contributed by atoms with Crippen LogP contribution in [-0.4, -0.2) is 10.6 Å². The van der Waals surface area contributed by atoms with Crippen molar-refractivity contribution in [1.82, 2.24) is 0 Å². The normalized spacial score (nSPS) is 11.2. The van der Waals surface area contributed by atoms with E-state index >= 15 is 0 Å². The van der Waals surface area contributed by atoms with Crippen molar-refractivity contribution in [2.24, 2.45) is 5.10 Å². The van der Waals surface area contributed by atoms with Crippen molar-refractivity contribution in [3.63, 3.8) is 0 Å². The van der Waals surface area contributed by atoms with Gasteiger partial charge < -0.3 is 0 Å². The topological polar surface area (TPSA) is 67.5 Å². The molecule has 1 N–H and O–H groups in total. The monoisotopic (exact) mass is 269 g/mol. The van der Waals surface area contributed by atoms with Gasteiger partial charge in [-0.15, -0.1) is 0 Å². The minimum absolute atomic E-state index is 0.0629. The first-order valence-corrected chi connectivity index (χ1v) is 6.18. The molecule has 5 nitrogen and oxygen atoms in total. The average molecular weight is 269 g/mol. The number of aryl methyl sites for hydroxylation is 1. The molecule has 0 aliphatic rings. The number of rotatable bonds is 4. The van der Waals surface area contributed by atoms with Crippen LogP contribution >= 0.6 is 0 Å². The van der Waals surface area contributed by atoms with Crippen LogP contribution in [0.25, 0.3) is 0 Å². The second-order valence-corrected chi connectivity index (χ2v) is 4.43. The summed E-state index contributed by atoms with van der Waals surface area (Å²) in [5.41, 5.74) is 6.46. The highest BCUT2D eigenvalue weighted by atomic mass is 16.6. The lowest BCUT2D eigenvalue weighted by atomic mass is 10.1. The van der Waals surface area contributed by atoms with Crippen LogP contribution < -0.4 is 5.43 Å². The van der Waals surface area contributed by atoms with E-state index in [-0.39, 0.29) is 5.69 Å². The number of benzene rings is 2. The van der Waals surface area contributed by atoms with Gasteiger partial charge in [-0.2, -0.15) is 5.10 Å². The number of nitro groups is 1.